The molecular formula is C29H52O12. The van der Waals surface area contributed by atoms with E-state index in [1.54, 1.807) is 0 Å². The Hall–Kier alpha value is -2.28. The van der Waals surface area contributed by atoms with Crippen molar-refractivity contribution in [1.29, 1.82) is 0 Å². The number of hydrogen-bond donors (Lipinski definition) is 4. The fourth-order valence-corrected chi connectivity index (χ4v) is 3.53. The van der Waals surface area contributed by atoms with Crippen LogP contribution in [-0.4, -0.2) is 97.2 Å². The average Bonchev–Trinajstić information content (AvgIpc) is 3.57. The van der Waals surface area contributed by atoms with Crippen LogP contribution >= 0.6 is 0 Å². The Balaban J connectivity index is 0.000000488. The third-order valence-corrected chi connectivity index (χ3v) is 6.49. The molecule has 12 nitrogen and oxygen atoms in total. The highest BCUT2D eigenvalue weighted by Crippen LogP contribution is 2.12. The van der Waals surface area contributed by atoms with Gasteiger partial charge in [-0.3, -0.25) is 19.2 Å². The molecule has 240 valence electrons. The van der Waals surface area contributed by atoms with Gasteiger partial charge < -0.3 is 39.4 Å². The summed E-state index contributed by atoms with van der Waals surface area (Å²) in [6.07, 6.45) is 15.3. The minimum atomic E-state index is -1.11. The summed E-state index contributed by atoms with van der Waals surface area (Å²) >= 11 is 0. The molecule has 4 rings (SSSR count). The molecule has 4 aliphatic rings. The number of hydrogen-bond acceptors (Lipinski definition) is 12. The first-order valence-electron chi connectivity index (χ1n) is 14.9. The van der Waals surface area contributed by atoms with Crippen molar-refractivity contribution in [3.63, 3.8) is 0 Å². The van der Waals surface area contributed by atoms with Gasteiger partial charge >= 0.3 is 23.9 Å². The van der Waals surface area contributed by atoms with Crippen molar-refractivity contribution in [2.45, 2.75) is 103 Å². The summed E-state index contributed by atoms with van der Waals surface area (Å²) in [5, 5.41) is 34.0. The summed E-state index contributed by atoms with van der Waals surface area (Å²) in [7, 11) is 0. The van der Waals surface area contributed by atoms with Crippen LogP contribution in [0.2, 0.25) is 0 Å². The normalized spacial score (nSPS) is 19.6. The van der Waals surface area contributed by atoms with E-state index in [2.05, 4.69) is 0 Å². The monoisotopic (exact) mass is 592 g/mol. The zero-order valence-corrected chi connectivity index (χ0v) is 24.5. The van der Waals surface area contributed by atoms with Crippen molar-refractivity contribution < 1.29 is 58.6 Å². The van der Waals surface area contributed by atoms with Crippen molar-refractivity contribution in [2.24, 2.45) is 5.41 Å². The average molecular weight is 593 g/mol. The maximum atomic E-state index is 10.5. The van der Waals surface area contributed by atoms with Gasteiger partial charge in [-0.2, -0.15) is 0 Å². The molecule has 4 saturated heterocycles. The summed E-state index contributed by atoms with van der Waals surface area (Å²) in [6, 6.07) is 0. The van der Waals surface area contributed by atoms with E-state index in [9.17, 15) is 19.2 Å². The molecule has 0 unspecified atom stereocenters. The molecule has 4 aliphatic heterocycles. The van der Waals surface area contributed by atoms with E-state index in [-0.39, 0.29) is 23.9 Å². The highest BCUT2D eigenvalue weighted by Gasteiger charge is 2.26. The minimum Gasteiger partial charge on any atom is -0.466 e. The van der Waals surface area contributed by atoms with Crippen molar-refractivity contribution in [2.75, 3.05) is 52.9 Å². The first-order chi connectivity index (χ1) is 19.8. The Morgan fingerprint density at radius 1 is 0.390 bits per heavy atom. The summed E-state index contributed by atoms with van der Waals surface area (Å²) < 4.78 is 19.1. The molecule has 0 atom stereocenters. The van der Waals surface area contributed by atoms with Crippen LogP contribution in [0.25, 0.3) is 0 Å². The lowest BCUT2D eigenvalue weighted by atomic mass is 9.93. The van der Waals surface area contributed by atoms with Crippen LogP contribution in [0.15, 0.2) is 0 Å². The van der Waals surface area contributed by atoms with Gasteiger partial charge in [-0.25, -0.2) is 0 Å². The van der Waals surface area contributed by atoms with Gasteiger partial charge in [0.15, 0.2) is 0 Å². The molecule has 4 heterocycles. The molecule has 0 aromatic heterocycles. The van der Waals surface area contributed by atoms with Crippen molar-refractivity contribution >= 4 is 23.9 Å². The van der Waals surface area contributed by atoms with Crippen LogP contribution in [0, 0.1) is 5.41 Å². The van der Waals surface area contributed by atoms with Gasteiger partial charge in [0.05, 0.1) is 58.3 Å². The smallest absolute Gasteiger partial charge is 0.305 e. The molecule has 0 spiro atoms. The van der Waals surface area contributed by atoms with Gasteiger partial charge in [0.2, 0.25) is 0 Å². The van der Waals surface area contributed by atoms with Gasteiger partial charge in [-0.05, 0) is 77.0 Å². The second kappa shape index (κ2) is 26.6. The zero-order chi connectivity index (χ0) is 30.6. The van der Waals surface area contributed by atoms with Crippen LogP contribution in [0.5, 0.6) is 0 Å². The molecule has 41 heavy (non-hydrogen) atoms. The first kappa shape index (κ1) is 38.7. The molecule has 12 heteroatoms. The molecule has 4 fully saturated rings. The molecule has 0 aromatic rings. The largest absolute Gasteiger partial charge is 0.466 e. The summed E-state index contributed by atoms with van der Waals surface area (Å²) in [5.74, 6) is -0.102. The van der Waals surface area contributed by atoms with Gasteiger partial charge in [-0.1, -0.05) is 0 Å². The maximum Gasteiger partial charge on any atom is 0.305 e. The predicted octanol–water partition coefficient (Wildman–Crippen LogP) is 2.36. The second-order valence-corrected chi connectivity index (χ2v) is 10.3. The Morgan fingerprint density at radius 2 is 0.610 bits per heavy atom. The number of aliphatic hydroxyl groups excluding tert-OH is 4. The zero-order valence-electron chi connectivity index (χ0n) is 24.5. The molecular weight excluding hydrogens is 540 g/mol. The number of carbonyl (C=O) groups is 4. The number of rotatable bonds is 4. The van der Waals surface area contributed by atoms with Gasteiger partial charge in [0.1, 0.15) is 0 Å². The quantitative estimate of drug-likeness (QED) is 0.276. The predicted molar refractivity (Wildman–Crippen MR) is 148 cm³/mol. The van der Waals surface area contributed by atoms with Crippen molar-refractivity contribution in [3.05, 3.63) is 0 Å². The standard InChI is InChI=1S/4C6H10O2.C5H12O4/c4*7-6-4-2-1-3-5-8-6;6-1-5(2-7,3-8)4-9/h4*1-5H2;6-9H,1-4H2. The van der Waals surface area contributed by atoms with Crippen molar-refractivity contribution in [3.8, 4) is 0 Å². The number of cyclic esters (lactones) is 4. The first-order valence-corrected chi connectivity index (χ1v) is 14.9. The molecule has 0 aromatic carbocycles. The third-order valence-electron chi connectivity index (χ3n) is 6.49. The van der Waals surface area contributed by atoms with Crippen LogP contribution in [0.3, 0.4) is 0 Å². The lowest BCUT2D eigenvalue weighted by molar-refractivity contribution is -0.143. The highest BCUT2D eigenvalue weighted by molar-refractivity contribution is 5.70. The lowest BCUT2D eigenvalue weighted by Crippen LogP contribution is -2.37. The molecule has 0 amide bonds. The number of esters is 4. The summed E-state index contributed by atoms with van der Waals surface area (Å²) in [4.78, 5) is 41.8. The molecule has 0 bridgehead atoms. The maximum absolute atomic E-state index is 10.5. The molecule has 4 N–H and O–H groups in total. The van der Waals surface area contributed by atoms with Gasteiger partial charge in [0, 0.05) is 25.7 Å². The van der Waals surface area contributed by atoms with Crippen LogP contribution in [0.4, 0.5) is 0 Å². The van der Waals surface area contributed by atoms with E-state index in [4.69, 9.17) is 39.4 Å². The van der Waals surface area contributed by atoms with Gasteiger partial charge in [-0.15, -0.1) is 0 Å². The minimum absolute atomic E-state index is 0.0255. The number of carbonyl (C=O) groups excluding carboxylic acids is 4. The third kappa shape index (κ3) is 23.0. The Bertz CT molecular complexity index is 540. The Labute approximate surface area is 243 Å². The Morgan fingerprint density at radius 3 is 0.780 bits per heavy atom. The highest BCUT2D eigenvalue weighted by atomic mass is 16.5. The molecule has 0 saturated carbocycles. The number of ether oxygens (including phenoxy) is 4. The fraction of sp³-hybridized carbons (Fsp3) is 0.862. The lowest BCUT2D eigenvalue weighted by Gasteiger charge is -2.23. The SMILES string of the molecule is O=C1CCCCCO1.O=C1CCCCCO1.O=C1CCCCCO1.O=C1CCCCCO1.OCC(CO)(CO)CO. The van der Waals surface area contributed by atoms with Crippen LogP contribution in [0.1, 0.15) is 103 Å². The van der Waals surface area contributed by atoms with Crippen LogP contribution in [-0.2, 0) is 38.1 Å². The van der Waals surface area contributed by atoms with Crippen LogP contribution < -0.4 is 0 Å². The second-order valence-electron chi connectivity index (χ2n) is 10.3. The molecule has 0 aliphatic carbocycles. The molecule has 0 radical (unpaired) electrons. The van der Waals surface area contributed by atoms with Gasteiger partial charge in [0.25, 0.3) is 0 Å². The van der Waals surface area contributed by atoms with E-state index in [1.165, 1.54) is 0 Å². The van der Waals surface area contributed by atoms with E-state index >= 15 is 0 Å². The van der Waals surface area contributed by atoms with E-state index in [1.807, 2.05) is 0 Å². The summed E-state index contributed by atoms with van der Waals surface area (Å²) in [6.45, 7) is 0.926. The van der Waals surface area contributed by atoms with Crippen molar-refractivity contribution in [1.82, 2.24) is 0 Å². The van der Waals surface area contributed by atoms with E-state index in [0.717, 1.165) is 77.0 Å². The summed E-state index contributed by atoms with van der Waals surface area (Å²) in [5.41, 5.74) is -1.11. The van der Waals surface area contributed by atoms with E-state index in [0.29, 0.717) is 52.1 Å². The fourth-order valence-electron chi connectivity index (χ4n) is 3.53. The number of aliphatic hydroxyl groups is 4. The Kier molecular flexibility index (Phi) is 25.1. The van der Waals surface area contributed by atoms with E-state index < -0.39 is 31.8 Å². The topological polar surface area (TPSA) is 186 Å².